The van der Waals surface area contributed by atoms with E-state index in [1.165, 1.54) is 0 Å². The van der Waals surface area contributed by atoms with Crippen LogP contribution in [0.5, 0.6) is 0 Å². The fraction of sp³-hybridized carbons (Fsp3) is 0.833. The first-order chi connectivity index (χ1) is 8.76. The summed E-state index contributed by atoms with van der Waals surface area (Å²) in [6.45, 7) is 5.26. The van der Waals surface area contributed by atoms with E-state index in [1.54, 1.807) is 4.90 Å². The first-order valence-electron chi connectivity index (χ1n) is 6.62. The molecule has 0 unspecified atom stereocenters. The van der Waals surface area contributed by atoms with Gasteiger partial charge in [0.25, 0.3) is 0 Å². The van der Waals surface area contributed by atoms with Crippen LogP contribution in [0.25, 0.3) is 0 Å². The van der Waals surface area contributed by atoms with E-state index in [0.29, 0.717) is 19.7 Å². The summed E-state index contributed by atoms with van der Waals surface area (Å²) in [5.41, 5.74) is 0.889. The summed E-state index contributed by atoms with van der Waals surface area (Å²) in [4.78, 5) is 15.6. The van der Waals surface area contributed by atoms with Crippen LogP contribution in [0.15, 0.2) is 5.16 Å². The van der Waals surface area contributed by atoms with Gasteiger partial charge in [-0.15, -0.1) is 0 Å². The molecule has 1 aliphatic carbocycles. The molecule has 6 nitrogen and oxygen atoms in total. The molecule has 1 aliphatic heterocycles. The van der Waals surface area contributed by atoms with Crippen molar-refractivity contribution in [3.05, 3.63) is 0 Å². The van der Waals surface area contributed by atoms with Crippen molar-refractivity contribution in [3.63, 3.8) is 0 Å². The topological polar surface area (TPSA) is 65.4 Å². The second-order valence-corrected chi connectivity index (χ2v) is 4.72. The van der Waals surface area contributed by atoms with Crippen molar-refractivity contribution < 1.29 is 14.7 Å². The van der Waals surface area contributed by atoms with E-state index in [2.05, 4.69) is 10.1 Å². The number of hydrogen-bond acceptors (Lipinski definition) is 5. The Kier molecular flexibility index (Phi) is 4.41. The first kappa shape index (κ1) is 13.1. The number of carbonyl (C=O) groups excluding carboxylic acids is 1. The predicted molar refractivity (Wildman–Crippen MR) is 67.0 cm³/mol. The summed E-state index contributed by atoms with van der Waals surface area (Å²) in [6, 6.07) is 0.263. The number of rotatable bonds is 2. The maximum Gasteiger partial charge on any atom is 0.409 e. The van der Waals surface area contributed by atoms with E-state index in [0.717, 1.165) is 38.1 Å². The lowest BCUT2D eigenvalue weighted by atomic mass is 10.1. The number of oxime groups is 1. The largest absolute Gasteiger partial charge is 0.450 e. The molecule has 2 rings (SSSR count). The van der Waals surface area contributed by atoms with Crippen molar-refractivity contribution >= 4 is 11.8 Å². The van der Waals surface area contributed by atoms with Crippen LogP contribution in [0.1, 0.15) is 26.2 Å². The van der Waals surface area contributed by atoms with Crippen molar-refractivity contribution in [2.75, 3.05) is 32.8 Å². The summed E-state index contributed by atoms with van der Waals surface area (Å²) >= 11 is 0. The van der Waals surface area contributed by atoms with Gasteiger partial charge in [-0.25, -0.2) is 4.79 Å². The maximum absolute atomic E-state index is 11.6. The number of ether oxygens (including phenoxy) is 1. The highest BCUT2D eigenvalue weighted by molar-refractivity contribution is 5.90. The molecule has 102 valence electrons. The highest BCUT2D eigenvalue weighted by atomic mass is 16.6. The van der Waals surface area contributed by atoms with Crippen LogP contribution >= 0.6 is 0 Å². The van der Waals surface area contributed by atoms with Gasteiger partial charge in [-0.3, -0.25) is 4.90 Å². The minimum atomic E-state index is -0.223. The van der Waals surface area contributed by atoms with Crippen molar-refractivity contribution in [1.29, 1.82) is 0 Å². The fourth-order valence-electron chi connectivity index (χ4n) is 2.75. The highest BCUT2D eigenvalue weighted by Gasteiger charge is 2.32. The number of nitrogens with zero attached hydrogens (tertiary/aromatic N) is 3. The molecule has 2 aliphatic rings. The molecule has 0 spiro atoms. The van der Waals surface area contributed by atoms with E-state index < -0.39 is 0 Å². The molecule has 0 bridgehead atoms. The summed E-state index contributed by atoms with van der Waals surface area (Å²) in [5.74, 6) is 0. The SMILES string of the molecule is CCOC(=O)N1CCN([C@@H]2CCC/C2=N\O)CC1. The van der Waals surface area contributed by atoms with Crippen LogP contribution < -0.4 is 0 Å². The zero-order valence-corrected chi connectivity index (χ0v) is 10.8. The molecule has 1 atom stereocenters. The number of carbonyl (C=O) groups is 1. The van der Waals surface area contributed by atoms with Gasteiger partial charge >= 0.3 is 6.09 Å². The van der Waals surface area contributed by atoms with Crippen LogP contribution in [0.2, 0.25) is 0 Å². The van der Waals surface area contributed by atoms with Gasteiger partial charge in [0, 0.05) is 26.2 Å². The summed E-state index contributed by atoms with van der Waals surface area (Å²) in [5, 5.41) is 12.4. The molecule has 1 saturated heterocycles. The third-order valence-corrected chi connectivity index (χ3v) is 3.70. The lowest BCUT2D eigenvalue weighted by molar-refractivity contribution is 0.0743. The van der Waals surface area contributed by atoms with Gasteiger partial charge in [0.15, 0.2) is 0 Å². The molecule has 0 aromatic carbocycles. The third-order valence-electron chi connectivity index (χ3n) is 3.70. The van der Waals surface area contributed by atoms with E-state index in [9.17, 15) is 4.79 Å². The van der Waals surface area contributed by atoms with Crippen molar-refractivity contribution in [1.82, 2.24) is 9.80 Å². The predicted octanol–water partition coefficient (Wildman–Crippen LogP) is 1.14. The Bertz CT molecular complexity index is 325. The van der Waals surface area contributed by atoms with Crippen molar-refractivity contribution in [2.45, 2.75) is 32.2 Å². The van der Waals surface area contributed by atoms with Crippen LogP contribution in [-0.4, -0.2) is 65.6 Å². The average molecular weight is 255 g/mol. The lowest BCUT2D eigenvalue weighted by Crippen LogP contribution is -2.53. The van der Waals surface area contributed by atoms with Gasteiger partial charge in [0.2, 0.25) is 0 Å². The second-order valence-electron chi connectivity index (χ2n) is 4.72. The van der Waals surface area contributed by atoms with E-state index in [4.69, 9.17) is 9.94 Å². The zero-order chi connectivity index (χ0) is 13.0. The Morgan fingerprint density at radius 1 is 1.44 bits per heavy atom. The molecular weight excluding hydrogens is 234 g/mol. The summed E-state index contributed by atoms with van der Waals surface area (Å²) in [7, 11) is 0. The molecule has 1 N–H and O–H groups in total. The normalized spacial score (nSPS) is 27.7. The van der Waals surface area contributed by atoms with Crippen molar-refractivity contribution in [3.8, 4) is 0 Å². The average Bonchev–Trinajstić information content (AvgIpc) is 2.87. The number of amides is 1. The first-order valence-corrected chi connectivity index (χ1v) is 6.62. The number of piperazine rings is 1. The molecule has 1 saturated carbocycles. The van der Waals surface area contributed by atoms with Gasteiger partial charge in [-0.1, -0.05) is 5.16 Å². The zero-order valence-electron chi connectivity index (χ0n) is 10.8. The van der Waals surface area contributed by atoms with E-state index >= 15 is 0 Å². The minimum absolute atomic E-state index is 0.223. The smallest absolute Gasteiger partial charge is 0.409 e. The molecule has 0 aromatic rings. The van der Waals surface area contributed by atoms with Gasteiger partial charge in [-0.2, -0.15) is 0 Å². The molecule has 6 heteroatoms. The maximum atomic E-state index is 11.6. The molecule has 0 radical (unpaired) electrons. The Balaban J connectivity index is 1.85. The Labute approximate surface area is 107 Å². The Hall–Kier alpha value is -1.30. The Morgan fingerprint density at radius 3 is 2.78 bits per heavy atom. The molecular formula is C12H21N3O3. The molecule has 1 amide bonds. The monoisotopic (exact) mass is 255 g/mol. The van der Waals surface area contributed by atoms with E-state index in [-0.39, 0.29) is 12.1 Å². The lowest BCUT2D eigenvalue weighted by Gasteiger charge is -2.37. The van der Waals surface area contributed by atoms with Gasteiger partial charge in [-0.05, 0) is 26.2 Å². The van der Waals surface area contributed by atoms with Crippen LogP contribution in [0.4, 0.5) is 4.79 Å². The van der Waals surface area contributed by atoms with E-state index in [1.807, 2.05) is 6.92 Å². The summed E-state index contributed by atoms with van der Waals surface area (Å²) in [6.07, 6.45) is 2.81. The minimum Gasteiger partial charge on any atom is -0.450 e. The van der Waals surface area contributed by atoms with Crippen LogP contribution in [0.3, 0.4) is 0 Å². The Morgan fingerprint density at radius 2 is 2.17 bits per heavy atom. The summed E-state index contributed by atoms with van der Waals surface area (Å²) < 4.78 is 4.99. The quantitative estimate of drug-likeness (QED) is 0.593. The third kappa shape index (κ3) is 2.75. The van der Waals surface area contributed by atoms with Crippen LogP contribution in [-0.2, 0) is 4.74 Å². The molecule has 2 fully saturated rings. The number of hydrogen-bond donors (Lipinski definition) is 1. The highest BCUT2D eigenvalue weighted by Crippen LogP contribution is 2.22. The fourth-order valence-corrected chi connectivity index (χ4v) is 2.75. The van der Waals surface area contributed by atoms with Gasteiger partial charge in [0.1, 0.15) is 0 Å². The van der Waals surface area contributed by atoms with Crippen LogP contribution in [0, 0.1) is 0 Å². The standard InChI is InChI=1S/C12H21N3O3/c1-2-18-12(16)15-8-6-14(7-9-15)11-5-3-4-10(11)13-17/h11,17H,2-9H2,1H3/b13-10+/t11-/m1/s1. The second kappa shape index (κ2) is 6.04. The molecule has 0 aromatic heterocycles. The van der Waals surface area contributed by atoms with Gasteiger partial charge in [0.05, 0.1) is 18.4 Å². The molecule has 18 heavy (non-hydrogen) atoms. The van der Waals surface area contributed by atoms with Gasteiger partial charge < -0.3 is 14.8 Å². The van der Waals surface area contributed by atoms with Crippen molar-refractivity contribution in [2.24, 2.45) is 5.16 Å². The molecule has 1 heterocycles.